The second-order valence-electron chi connectivity index (χ2n) is 13.7. The predicted molar refractivity (Wildman–Crippen MR) is 199 cm³/mol. The van der Waals surface area contributed by atoms with Crippen LogP contribution in [0.25, 0.3) is 0 Å². The topological polar surface area (TPSA) is 140 Å². The van der Waals surface area contributed by atoms with Crippen LogP contribution in [-0.4, -0.2) is 80.1 Å². The number of likely N-dealkylation sites (tertiary alicyclic amines) is 1. The van der Waals surface area contributed by atoms with Gasteiger partial charge in [-0.1, -0.05) is 80.6 Å². The van der Waals surface area contributed by atoms with Gasteiger partial charge in [-0.05, 0) is 73.8 Å². The zero-order valence-electron chi connectivity index (χ0n) is 30.9. The van der Waals surface area contributed by atoms with Crippen LogP contribution in [0.1, 0.15) is 98.2 Å². The van der Waals surface area contributed by atoms with Gasteiger partial charge in [0.2, 0.25) is 11.8 Å². The Morgan fingerprint density at radius 2 is 1.49 bits per heavy atom. The molecule has 0 aromatic heterocycles. The molecule has 11 heteroatoms. The number of nitrogens with one attached hydrogen (secondary N) is 2. The van der Waals surface area contributed by atoms with E-state index in [1.54, 1.807) is 18.2 Å². The van der Waals surface area contributed by atoms with E-state index in [4.69, 9.17) is 14.2 Å². The first-order valence-corrected chi connectivity index (χ1v) is 18.7. The van der Waals surface area contributed by atoms with Gasteiger partial charge in [0.15, 0.2) is 0 Å². The molecule has 2 N–H and O–H groups in total. The van der Waals surface area contributed by atoms with Gasteiger partial charge < -0.3 is 29.7 Å². The van der Waals surface area contributed by atoms with Gasteiger partial charge in [-0.15, -0.1) is 0 Å². The summed E-state index contributed by atoms with van der Waals surface area (Å²) >= 11 is 0. The normalized spacial score (nSPS) is 18.9. The minimum atomic E-state index is -1.21. The SMILES string of the molecule is CCCOC(=O)CC[C@H](NC(=O)[C@@]1(c2ccccc2)CC[C@H](C(=O)N2CCC(NC(=O)c3ccccc3OC)CC2)c2ccccc21)C(=O)OCCC. The summed E-state index contributed by atoms with van der Waals surface area (Å²) in [6.45, 7) is 5.22. The summed E-state index contributed by atoms with van der Waals surface area (Å²) in [6.07, 6.45) is 3.19. The first-order chi connectivity index (χ1) is 25.7. The fourth-order valence-corrected chi connectivity index (χ4v) is 7.43. The van der Waals surface area contributed by atoms with Crippen molar-refractivity contribution in [3.63, 3.8) is 0 Å². The summed E-state index contributed by atoms with van der Waals surface area (Å²) in [7, 11) is 1.53. The number of hydrogen-bond acceptors (Lipinski definition) is 8. The molecule has 0 saturated carbocycles. The van der Waals surface area contributed by atoms with Crippen LogP contribution < -0.4 is 15.4 Å². The van der Waals surface area contributed by atoms with E-state index in [0.717, 1.165) is 11.1 Å². The molecule has 1 heterocycles. The van der Waals surface area contributed by atoms with Crippen molar-refractivity contribution in [3.8, 4) is 5.75 Å². The van der Waals surface area contributed by atoms with Crippen molar-refractivity contribution in [2.45, 2.75) is 88.6 Å². The van der Waals surface area contributed by atoms with E-state index in [9.17, 15) is 24.0 Å². The Hall–Kier alpha value is -5.19. The van der Waals surface area contributed by atoms with Gasteiger partial charge in [-0.3, -0.25) is 19.2 Å². The third-order valence-corrected chi connectivity index (χ3v) is 10.2. The molecule has 11 nitrogen and oxygen atoms in total. The van der Waals surface area contributed by atoms with Gasteiger partial charge in [0.25, 0.3) is 5.91 Å². The van der Waals surface area contributed by atoms with E-state index in [2.05, 4.69) is 10.6 Å². The molecule has 3 amide bonds. The standard InChI is InChI=1S/C42H51N3O8/c1-4-27-52-37(46)20-19-35(40(49)53-28-5-2)44-41(50)42(29-13-7-6-8-14-29)24-21-32(31-15-9-11-17-34(31)42)39(48)45-25-22-30(23-26-45)43-38(47)33-16-10-12-18-36(33)51-3/h6-18,30,32,35H,4-5,19-28H2,1-3H3,(H,43,47)(H,44,50)/t32-,35-,42+/m0/s1. The second-order valence-corrected chi connectivity index (χ2v) is 13.7. The highest BCUT2D eigenvalue weighted by atomic mass is 16.5. The van der Waals surface area contributed by atoms with Crippen LogP contribution in [0, 0.1) is 0 Å². The molecule has 1 fully saturated rings. The minimum Gasteiger partial charge on any atom is -0.496 e. The van der Waals surface area contributed by atoms with Gasteiger partial charge in [0.05, 0.1) is 37.2 Å². The molecule has 3 atom stereocenters. The maximum absolute atomic E-state index is 14.8. The second kappa shape index (κ2) is 18.5. The number of para-hydroxylation sites is 1. The summed E-state index contributed by atoms with van der Waals surface area (Å²) in [4.78, 5) is 69.6. The van der Waals surface area contributed by atoms with Crippen LogP contribution in [-0.2, 0) is 34.1 Å². The van der Waals surface area contributed by atoms with Crippen LogP contribution >= 0.6 is 0 Å². The van der Waals surface area contributed by atoms with Crippen molar-refractivity contribution in [3.05, 3.63) is 101 Å². The van der Waals surface area contributed by atoms with Crippen LogP contribution in [0.2, 0.25) is 0 Å². The Morgan fingerprint density at radius 1 is 0.830 bits per heavy atom. The zero-order chi connectivity index (χ0) is 37.8. The van der Waals surface area contributed by atoms with E-state index in [1.807, 2.05) is 79.4 Å². The number of amides is 3. The van der Waals surface area contributed by atoms with Gasteiger partial charge in [-0.25, -0.2) is 4.79 Å². The molecule has 2 aliphatic rings. The molecule has 53 heavy (non-hydrogen) atoms. The maximum atomic E-state index is 14.8. The largest absolute Gasteiger partial charge is 0.496 e. The molecule has 1 aliphatic heterocycles. The lowest BCUT2D eigenvalue weighted by molar-refractivity contribution is -0.149. The number of rotatable bonds is 15. The average molecular weight is 726 g/mol. The molecule has 5 rings (SSSR count). The minimum absolute atomic E-state index is 0.0133. The Labute approximate surface area is 311 Å². The smallest absolute Gasteiger partial charge is 0.328 e. The van der Waals surface area contributed by atoms with Crippen LogP contribution in [0.4, 0.5) is 0 Å². The van der Waals surface area contributed by atoms with Crippen LogP contribution in [0.15, 0.2) is 78.9 Å². The van der Waals surface area contributed by atoms with E-state index < -0.39 is 35.2 Å². The van der Waals surface area contributed by atoms with Crippen molar-refractivity contribution in [1.29, 1.82) is 0 Å². The first kappa shape index (κ1) is 39.0. The van der Waals surface area contributed by atoms with Gasteiger partial charge >= 0.3 is 11.9 Å². The van der Waals surface area contributed by atoms with Gasteiger partial charge in [0.1, 0.15) is 11.8 Å². The molecule has 3 aromatic rings. The first-order valence-electron chi connectivity index (χ1n) is 18.7. The Kier molecular flexibility index (Phi) is 13.6. The molecule has 0 spiro atoms. The number of fused-ring (bicyclic) bond motifs is 1. The van der Waals surface area contributed by atoms with Crippen molar-refractivity contribution < 1.29 is 38.2 Å². The highest BCUT2D eigenvalue weighted by Crippen LogP contribution is 2.48. The van der Waals surface area contributed by atoms with Crippen LogP contribution in [0.3, 0.4) is 0 Å². The monoisotopic (exact) mass is 725 g/mol. The molecule has 282 valence electrons. The van der Waals surface area contributed by atoms with Gasteiger partial charge in [0, 0.05) is 25.6 Å². The molecular formula is C42H51N3O8. The van der Waals surface area contributed by atoms with Gasteiger partial charge in [-0.2, -0.15) is 0 Å². The maximum Gasteiger partial charge on any atom is 0.328 e. The Morgan fingerprint density at radius 3 is 2.21 bits per heavy atom. The molecule has 1 saturated heterocycles. The molecule has 0 unspecified atom stereocenters. The Bertz CT molecular complexity index is 1740. The molecule has 0 radical (unpaired) electrons. The van der Waals surface area contributed by atoms with Crippen LogP contribution in [0.5, 0.6) is 5.75 Å². The van der Waals surface area contributed by atoms with E-state index in [0.29, 0.717) is 68.5 Å². The predicted octanol–water partition coefficient (Wildman–Crippen LogP) is 5.45. The Balaban J connectivity index is 1.36. The number of benzene rings is 3. The number of nitrogens with zero attached hydrogens (tertiary/aromatic N) is 1. The zero-order valence-corrected chi connectivity index (χ0v) is 30.9. The van der Waals surface area contributed by atoms with Crippen molar-refractivity contribution in [2.24, 2.45) is 0 Å². The van der Waals surface area contributed by atoms with Crippen molar-refractivity contribution >= 4 is 29.7 Å². The number of esters is 2. The number of ether oxygens (including phenoxy) is 3. The summed E-state index contributed by atoms with van der Waals surface area (Å²) in [5, 5.41) is 6.08. The highest BCUT2D eigenvalue weighted by molar-refractivity contribution is 5.98. The number of hydrogen-bond donors (Lipinski definition) is 2. The van der Waals surface area contributed by atoms with Crippen molar-refractivity contribution in [1.82, 2.24) is 15.5 Å². The lowest BCUT2D eigenvalue weighted by atomic mass is 9.62. The molecular weight excluding hydrogens is 674 g/mol. The summed E-state index contributed by atoms with van der Waals surface area (Å²) in [5.41, 5.74) is 1.47. The lowest BCUT2D eigenvalue weighted by Crippen LogP contribution is -2.54. The number of carbonyl (C=O) groups excluding carboxylic acids is 5. The summed E-state index contributed by atoms with van der Waals surface area (Å²) in [5.74, 6) is -1.64. The fourth-order valence-electron chi connectivity index (χ4n) is 7.43. The van der Waals surface area contributed by atoms with E-state index in [-0.39, 0.29) is 43.9 Å². The van der Waals surface area contributed by atoms with Crippen molar-refractivity contribution in [2.75, 3.05) is 33.4 Å². The molecule has 3 aromatic carbocycles. The summed E-state index contributed by atoms with van der Waals surface area (Å²) < 4.78 is 16.0. The third-order valence-electron chi connectivity index (χ3n) is 10.2. The number of methoxy groups -OCH3 is 1. The fraction of sp³-hybridized carbons (Fsp3) is 0.452. The van der Waals surface area contributed by atoms with E-state index >= 15 is 0 Å². The average Bonchev–Trinajstić information content (AvgIpc) is 3.20. The van der Waals surface area contributed by atoms with E-state index in [1.165, 1.54) is 7.11 Å². The molecule has 1 aliphatic carbocycles. The highest BCUT2D eigenvalue weighted by Gasteiger charge is 2.49. The number of piperidine rings is 1. The quantitative estimate of drug-likeness (QED) is 0.197. The third kappa shape index (κ3) is 9.07. The molecule has 0 bridgehead atoms. The lowest BCUT2D eigenvalue weighted by Gasteiger charge is -2.43. The number of carbonyl (C=O) groups is 5. The summed E-state index contributed by atoms with van der Waals surface area (Å²) in [6, 6.07) is 22.9.